The van der Waals surface area contributed by atoms with Gasteiger partial charge in [-0.25, -0.2) is 8.42 Å². The van der Waals surface area contributed by atoms with E-state index in [4.69, 9.17) is 11.6 Å². The Bertz CT molecular complexity index is 817. The zero-order valence-corrected chi connectivity index (χ0v) is 15.3. The molecular weight excluding hydrogens is 360 g/mol. The van der Waals surface area contributed by atoms with Crippen molar-refractivity contribution in [2.45, 2.75) is 18.9 Å². The van der Waals surface area contributed by atoms with Crippen LogP contribution in [0.2, 0.25) is 5.02 Å². The lowest BCUT2D eigenvalue weighted by molar-refractivity contribution is -0.121. The minimum Gasteiger partial charge on any atom is -0.356 e. The SMILES string of the molecule is O=C(CC(c1ccc(Cl)cc1)n1cccc1)NCC1CCS(=O)(=O)C1. The van der Waals surface area contributed by atoms with Crippen LogP contribution in [0.4, 0.5) is 0 Å². The Morgan fingerprint density at radius 3 is 2.52 bits per heavy atom. The van der Waals surface area contributed by atoms with Crippen LogP contribution in [0.5, 0.6) is 0 Å². The van der Waals surface area contributed by atoms with E-state index in [0.717, 1.165) is 5.56 Å². The summed E-state index contributed by atoms with van der Waals surface area (Å²) in [6.07, 6.45) is 4.77. The largest absolute Gasteiger partial charge is 0.356 e. The van der Waals surface area contributed by atoms with Crippen molar-refractivity contribution >= 4 is 27.3 Å². The highest BCUT2D eigenvalue weighted by Gasteiger charge is 2.28. The highest BCUT2D eigenvalue weighted by molar-refractivity contribution is 7.91. The van der Waals surface area contributed by atoms with Crippen molar-refractivity contribution in [1.82, 2.24) is 9.88 Å². The molecule has 0 radical (unpaired) electrons. The molecule has 1 saturated heterocycles. The van der Waals surface area contributed by atoms with Gasteiger partial charge in [0.2, 0.25) is 5.91 Å². The van der Waals surface area contributed by atoms with Crippen molar-refractivity contribution in [3.05, 3.63) is 59.4 Å². The summed E-state index contributed by atoms with van der Waals surface area (Å²) in [5, 5.41) is 3.55. The number of hydrogen-bond acceptors (Lipinski definition) is 3. The molecule has 0 saturated carbocycles. The quantitative estimate of drug-likeness (QED) is 0.837. The molecule has 5 nitrogen and oxygen atoms in total. The maximum atomic E-state index is 12.4. The summed E-state index contributed by atoms with van der Waals surface area (Å²) in [6, 6.07) is 11.2. The first-order valence-electron chi connectivity index (χ1n) is 8.28. The van der Waals surface area contributed by atoms with Crippen LogP contribution in [0.25, 0.3) is 0 Å². The third-order valence-electron chi connectivity index (χ3n) is 4.54. The van der Waals surface area contributed by atoms with E-state index in [1.165, 1.54) is 0 Å². The molecule has 1 amide bonds. The molecule has 2 atom stereocenters. The average Bonchev–Trinajstić information content (AvgIpc) is 3.21. The summed E-state index contributed by atoms with van der Waals surface area (Å²) >= 11 is 5.96. The second kappa shape index (κ2) is 7.62. The van der Waals surface area contributed by atoms with Crippen LogP contribution >= 0.6 is 11.6 Å². The number of halogens is 1. The summed E-state index contributed by atoms with van der Waals surface area (Å²) in [6.45, 7) is 0.414. The van der Waals surface area contributed by atoms with Crippen molar-refractivity contribution in [3.63, 3.8) is 0 Å². The highest BCUT2D eigenvalue weighted by Crippen LogP contribution is 2.24. The maximum absolute atomic E-state index is 12.4. The normalized spacial score (nSPS) is 20.3. The molecule has 1 fully saturated rings. The molecule has 25 heavy (non-hydrogen) atoms. The van der Waals surface area contributed by atoms with Crippen molar-refractivity contribution < 1.29 is 13.2 Å². The third kappa shape index (κ3) is 4.86. The molecule has 2 unspecified atom stereocenters. The Labute approximate surface area is 152 Å². The van der Waals surface area contributed by atoms with E-state index in [9.17, 15) is 13.2 Å². The zero-order valence-electron chi connectivity index (χ0n) is 13.8. The molecule has 1 aliphatic rings. The number of hydrogen-bond donors (Lipinski definition) is 1. The number of rotatable bonds is 6. The minimum atomic E-state index is -2.92. The van der Waals surface area contributed by atoms with Crippen LogP contribution in [0.1, 0.15) is 24.4 Å². The third-order valence-corrected chi connectivity index (χ3v) is 6.62. The fraction of sp³-hybridized carbons (Fsp3) is 0.389. The van der Waals surface area contributed by atoms with Gasteiger partial charge in [0, 0.05) is 24.0 Å². The first-order valence-corrected chi connectivity index (χ1v) is 10.5. The second-order valence-electron chi connectivity index (χ2n) is 6.47. The van der Waals surface area contributed by atoms with Crippen molar-refractivity contribution in [2.24, 2.45) is 5.92 Å². The summed E-state index contributed by atoms with van der Waals surface area (Å²) in [7, 11) is -2.92. The lowest BCUT2D eigenvalue weighted by atomic mass is 10.0. The molecule has 2 aromatic rings. The molecule has 1 aromatic heterocycles. The number of aromatic nitrogens is 1. The molecule has 134 valence electrons. The van der Waals surface area contributed by atoms with Gasteiger partial charge in [-0.1, -0.05) is 23.7 Å². The van der Waals surface area contributed by atoms with Gasteiger partial charge in [-0.3, -0.25) is 4.79 Å². The number of carbonyl (C=O) groups excluding carboxylic acids is 1. The summed E-state index contributed by atoms with van der Waals surface area (Å²) < 4.78 is 25.0. The zero-order chi connectivity index (χ0) is 17.9. The first-order chi connectivity index (χ1) is 11.9. The van der Waals surface area contributed by atoms with Crippen molar-refractivity contribution in [2.75, 3.05) is 18.1 Å². The molecule has 3 rings (SSSR count). The van der Waals surface area contributed by atoms with Gasteiger partial charge in [0.1, 0.15) is 0 Å². The van der Waals surface area contributed by atoms with Crippen molar-refractivity contribution in [1.29, 1.82) is 0 Å². The maximum Gasteiger partial charge on any atom is 0.222 e. The molecular formula is C18H21ClN2O3S. The lowest BCUT2D eigenvalue weighted by Crippen LogP contribution is -2.31. The monoisotopic (exact) mass is 380 g/mol. The van der Waals surface area contributed by atoms with E-state index < -0.39 is 9.84 Å². The second-order valence-corrected chi connectivity index (χ2v) is 9.14. The van der Waals surface area contributed by atoms with Gasteiger partial charge in [0.05, 0.1) is 24.0 Å². The summed E-state index contributed by atoms with van der Waals surface area (Å²) in [5.74, 6) is 0.336. The number of amides is 1. The average molecular weight is 381 g/mol. The van der Waals surface area contributed by atoms with Crippen LogP contribution in [-0.4, -0.2) is 36.9 Å². The Morgan fingerprint density at radius 1 is 1.24 bits per heavy atom. The number of nitrogens with zero attached hydrogens (tertiary/aromatic N) is 1. The predicted molar refractivity (Wildman–Crippen MR) is 98.4 cm³/mol. The Hall–Kier alpha value is -1.79. The smallest absolute Gasteiger partial charge is 0.222 e. The Morgan fingerprint density at radius 2 is 1.92 bits per heavy atom. The van der Waals surface area contributed by atoms with E-state index in [1.807, 2.05) is 53.4 Å². The highest BCUT2D eigenvalue weighted by atomic mass is 35.5. The minimum absolute atomic E-state index is 0.0227. The van der Waals surface area contributed by atoms with Crippen LogP contribution in [0.15, 0.2) is 48.8 Å². The molecule has 1 N–H and O–H groups in total. The van der Waals surface area contributed by atoms with Crippen LogP contribution in [0, 0.1) is 5.92 Å². The molecule has 0 aliphatic carbocycles. The van der Waals surface area contributed by atoms with Gasteiger partial charge in [0.15, 0.2) is 9.84 Å². The standard InChI is InChI=1S/C18H21ClN2O3S/c19-16-5-3-15(4-6-16)17(21-8-1-2-9-21)11-18(22)20-12-14-7-10-25(23,24)13-14/h1-6,8-9,14,17H,7,10-13H2,(H,20,22). The molecule has 7 heteroatoms. The topological polar surface area (TPSA) is 68.2 Å². The molecule has 0 spiro atoms. The van der Waals surface area contributed by atoms with Gasteiger partial charge in [0.25, 0.3) is 0 Å². The number of sulfone groups is 1. The number of nitrogens with one attached hydrogen (secondary N) is 1. The van der Waals surface area contributed by atoms with Gasteiger partial charge >= 0.3 is 0 Å². The van der Waals surface area contributed by atoms with E-state index in [2.05, 4.69) is 5.32 Å². The van der Waals surface area contributed by atoms with Crippen LogP contribution in [0.3, 0.4) is 0 Å². The fourth-order valence-corrected chi connectivity index (χ4v) is 5.16. The van der Waals surface area contributed by atoms with E-state index in [0.29, 0.717) is 18.0 Å². The van der Waals surface area contributed by atoms with Crippen molar-refractivity contribution in [3.8, 4) is 0 Å². The van der Waals surface area contributed by atoms with E-state index in [1.54, 1.807) is 0 Å². The van der Waals surface area contributed by atoms with E-state index >= 15 is 0 Å². The summed E-state index contributed by atoms with van der Waals surface area (Å²) in [4.78, 5) is 12.4. The summed E-state index contributed by atoms with van der Waals surface area (Å²) in [5.41, 5.74) is 0.999. The van der Waals surface area contributed by atoms with Crippen LogP contribution in [-0.2, 0) is 14.6 Å². The lowest BCUT2D eigenvalue weighted by Gasteiger charge is -2.20. The molecule has 1 aliphatic heterocycles. The Balaban J connectivity index is 1.64. The predicted octanol–water partition coefficient (Wildman–Crippen LogP) is 2.67. The van der Waals surface area contributed by atoms with Gasteiger partial charge in [-0.05, 0) is 42.2 Å². The molecule has 1 aromatic carbocycles. The fourth-order valence-electron chi connectivity index (χ4n) is 3.17. The first kappa shape index (κ1) is 18.0. The van der Waals surface area contributed by atoms with Gasteiger partial charge < -0.3 is 9.88 Å². The van der Waals surface area contributed by atoms with Gasteiger partial charge in [-0.15, -0.1) is 0 Å². The van der Waals surface area contributed by atoms with E-state index in [-0.39, 0.29) is 35.8 Å². The van der Waals surface area contributed by atoms with Crippen LogP contribution < -0.4 is 5.32 Å². The number of benzene rings is 1. The molecule has 2 heterocycles. The number of carbonyl (C=O) groups is 1. The Kier molecular flexibility index (Phi) is 5.49. The molecule has 0 bridgehead atoms. The van der Waals surface area contributed by atoms with Gasteiger partial charge in [-0.2, -0.15) is 0 Å².